The molecule has 0 spiro atoms. The van der Waals surface area contributed by atoms with Gasteiger partial charge in [-0.05, 0) is 18.2 Å². The summed E-state index contributed by atoms with van der Waals surface area (Å²) in [4.78, 5) is 11.7. The first-order chi connectivity index (χ1) is 9.07. The fraction of sp³-hybridized carbons (Fsp3) is 0.462. The van der Waals surface area contributed by atoms with Crippen molar-refractivity contribution in [2.75, 3.05) is 26.9 Å². The molecule has 1 aromatic rings. The zero-order valence-electron chi connectivity index (χ0n) is 10.5. The van der Waals surface area contributed by atoms with Crippen LogP contribution in [0.4, 0.5) is 4.39 Å². The minimum atomic E-state index is -0.628. The van der Waals surface area contributed by atoms with Crippen LogP contribution in [-0.2, 0) is 20.8 Å². The van der Waals surface area contributed by atoms with E-state index in [4.69, 9.17) is 9.47 Å². The minimum absolute atomic E-state index is 0.271. The van der Waals surface area contributed by atoms with Crippen molar-refractivity contribution < 1.29 is 18.7 Å². The van der Waals surface area contributed by atoms with Gasteiger partial charge >= 0.3 is 5.97 Å². The van der Waals surface area contributed by atoms with Crippen LogP contribution in [-0.4, -0.2) is 32.8 Å². The Balaban J connectivity index is 1.92. The third-order valence-corrected chi connectivity index (χ3v) is 3.65. The highest BCUT2D eigenvalue weighted by Crippen LogP contribution is 2.28. The van der Waals surface area contributed by atoms with E-state index in [9.17, 15) is 9.18 Å². The highest BCUT2D eigenvalue weighted by atomic mass is 79.9. The normalized spacial score (nSPS) is 16.8. The summed E-state index contributed by atoms with van der Waals surface area (Å²) in [5.41, 5.74) is -0.0772. The number of ether oxygens (including phenoxy) is 2. The van der Waals surface area contributed by atoms with Crippen molar-refractivity contribution in [3.05, 3.63) is 34.1 Å². The highest BCUT2D eigenvalue weighted by molar-refractivity contribution is 9.10. The topological polar surface area (TPSA) is 47.6 Å². The van der Waals surface area contributed by atoms with Crippen LogP contribution in [0.3, 0.4) is 0 Å². The van der Waals surface area contributed by atoms with E-state index < -0.39 is 5.41 Å². The average molecular weight is 332 g/mol. The molecular weight excluding hydrogens is 317 g/mol. The van der Waals surface area contributed by atoms with Crippen molar-refractivity contribution in [2.45, 2.75) is 6.54 Å². The van der Waals surface area contributed by atoms with Crippen LogP contribution in [0.15, 0.2) is 22.7 Å². The van der Waals surface area contributed by atoms with Gasteiger partial charge in [0.05, 0.1) is 20.3 Å². The van der Waals surface area contributed by atoms with Gasteiger partial charge in [0, 0.05) is 23.1 Å². The standard InChI is InChI=1S/C13H15BrFNO3/c1-18-12(17)13(7-19-8-13)6-16-5-9-4-10(14)2-3-11(9)15/h2-4,16H,5-8H2,1H3. The molecule has 1 saturated heterocycles. The Morgan fingerprint density at radius 1 is 1.58 bits per heavy atom. The Morgan fingerprint density at radius 2 is 2.32 bits per heavy atom. The lowest BCUT2D eigenvalue weighted by Crippen LogP contribution is -2.55. The van der Waals surface area contributed by atoms with Crippen molar-refractivity contribution in [1.82, 2.24) is 5.32 Å². The van der Waals surface area contributed by atoms with E-state index in [2.05, 4.69) is 21.2 Å². The van der Waals surface area contributed by atoms with E-state index in [1.165, 1.54) is 13.2 Å². The van der Waals surface area contributed by atoms with Crippen LogP contribution in [0, 0.1) is 11.2 Å². The van der Waals surface area contributed by atoms with E-state index >= 15 is 0 Å². The molecule has 1 aliphatic heterocycles. The molecule has 0 amide bonds. The Labute approximate surface area is 119 Å². The van der Waals surface area contributed by atoms with Gasteiger partial charge in [0.1, 0.15) is 11.2 Å². The van der Waals surface area contributed by atoms with Crippen LogP contribution < -0.4 is 5.32 Å². The molecule has 4 nitrogen and oxygen atoms in total. The molecule has 1 heterocycles. The predicted molar refractivity (Wildman–Crippen MR) is 71.1 cm³/mol. The molecule has 0 atom stereocenters. The molecule has 1 N–H and O–H groups in total. The first-order valence-corrected chi connectivity index (χ1v) is 6.67. The summed E-state index contributed by atoms with van der Waals surface area (Å²) in [6.45, 7) is 1.44. The lowest BCUT2D eigenvalue weighted by atomic mass is 9.86. The predicted octanol–water partition coefficient (Wildman–Crippen LogP) is 1.87. The molecule has 104 valence electrons. The SMILES string of the molecule is COC(=O)C1(CNCc2cc(Br)ccc2F)COC1. The fourth-order valence-electron chi connectivity index (χ4n) is 1.97. The molecule has 6 heteroatoms. The van der Waals surface area contributed by atoms with E-state index in [0.717, 1.165) is 4.47 Å². The molecule has 1 aliphatic rings. The quantitative estimate of drug-likeness (QED) is 0.837. The third kappa shape index (κ3) is 3.13. The van der Waals surface area contributed by atoms with Crippen molar-refractivity contribution in [2.24, 2.45) is 5.41 Å². The molecule has 0 unspecified atom stereocenters. The molecule has 2 rings (SSSR count). The number of benzene rings is 1. The summed E-state index contributed by atoms with van der Waals surface area (Å²) in [6, 6.07) is 4.77. The van der Waals surface area contributed by atoms with E-state index in [0.29, 0.717) is 31.9 Å². The van der Waals surface area contributed by atoms with Gasteiger partial charge in [-0.25, -0.2) is 4.39 Å². The Morgan fingerprint density at radius 3 is 2.89 bits per heavy atom. The lowest BCUT2D eigenvalue weighted by molar-refractivity contribution is -0.182. The van der Waals surface area contributed by atoms with Crippen molar-refractivity contribution in [3.63, 3.8) is 0 Å². The molecule has 0 saturated carbocycles. The van der Waals surface area contributed by atoms with Gasteiger partial charge in [-0.1, -0.05) is 15.9 Å². The maximum Gasteiger partial charge on any atom is 0.317 e. The van der Waals surface area contributed by atoms with Gasteiger partial charge in [-0.15, -0.1) is 0 Å². The van der Waals surface area contributed by atoms with E-state index in [1.807, 2.05) is 0 Å². The lowest BCUT2D eigenvalue weighted by Gasteiger charge is -2.38. The van der Waals surface area contributed by atoms with Crippen LogP contribution in [0.2, 0.25) is 0 Å². The smallest absolute Gasteiger partial charge is 0.317 e. The fourth-order valence-corrected chi connectivity index (χ4v) is 2.38. The second-order valence-corrected chi connectivity index (χ2v) is 5.52. The molecule has 0 radical (unpaired) electrons. The first-order valence-electron chi connectivity index (χ1n) is 5.88. The third-order valence-electron chi connectivity index (χ3n) is 3.16. The zero-order chi connectivity index (χ0) is 13.9. The van der Waals surface area contributed by atoms with Crippen molar-refractivity contribution in [1.29, 1.82) is 0 Å². The monoisotopic (exact) mass is 331 g/mol. The summed E-state index contributed by atoms with van der Waals surface area (Å²) in [5, 5.41) is 3.09. The van der Waals surface area contributed by atoms with E-state index in [1.54, 1.807) is 12.1 Å². The summed E-state index contributed by atoms with van der Waals surface area (Å²) in [6.07, 6.45) is 0. The molecule has 19 heavy (non-hydrogen) atoms. The second kappa shape index (κ2) is 5.98. The number of rotatable bonds is 5. The molecule has 1 fully saturated rings. The summed E-state index contributed by atoms with van der Waals surface area (Å²) in [5.74, 6) is -0.561. The van der Waals surface area contributed by atoms with Crippen LogP contribution in [0.1, 0.15) is 5.56 Å². The first kappa shape index (κ1) is 14.4. The number of nitrogens with one attached hydrogen (secondary N) is 1. The number of carbonyl (C=O) groups excluding carboxylic acids is 1. The zero-order valence-corrected chi connectivity index (χ0v) is 12.1. The maximum atomic E-state index is 13.5. The largest absolute Gasteiger partial charge is 0.468 e. The van der Waals surface area contributed by atoms with Crippen molar-refractivity contribution >= 4 is 21.9 Å². The van der Waals surface area contributed by atoms with E-state index in [-0.39, 0.29) is 11.8 Å². The molecular formula is C13H15BrFNO3. The Hall–Kier alpha value is -0.980. The van der Waals surface area contributed by atoms with Gasteiger partial charge in [0.25, 0.3) is 0 Å². The highest BCUT2D eigenvalue weighted by Gasteiger charge is 2.46. The number of methoxy groups -OCH3 is 1. The number of halogens is 2. The summed E-state index contributed by atoms with van der Waals surface area (Å²) < 4.78 is 24.2. The molecule has 0 aromatic heterocycles. The van der Waals surface area contributed by atoms with Gasteiger partial charge < -0.3 is 14.8 Å². The van der Waals surface area contributed by atoms with Gasteiger partial charge in [0.15, 0.2) is 0 Å². The summed E-state index contributed by atoms with van der Waals surface area (Å²) >= 11 is 3.30. The number of hydrogen-bond donors (Lipinski definition) is 1. The maximum absolute atomic E-state index is 13.5. The number of esters is 1. The van der Waals surface area contributed by atoms with Crippen LogP contribution in [0.5, 0.6) is 0 Å². The van der Waals surface area contributed by atoms with Crippen LogP contribution >= 0.6 is 15.9 Å². The van der Waals surface area contributed by atoms with Crippen molar-refractivity contribution in [3.8, 4) is 0 Å². The Kier molecular flexibility index (Phi) is 4.54. The Bertz CT molecular complexity index is 477. The van der Waals surface area contributed by atoms with Gasteiger partial charge in [0.2, 0.25) is 0 Å². The molecule has 0 bridgehead atoms. The molecule has 0 aliphatic carbocycles. The summed E-state index contributed by atoms with van der Waals surface area (Å²) in [7, 11) is 1.36. The average Bonchev–Trinajstić information content (AvgIpc) is 2.35. The number of hydrogen-bond acceptors (Lipinski definition) is 4. The van der Waals surface area contributed by atoms with Gasteiger partial charge in [-0.3, -0.25) is 4.79 Å². The minimum Gasteiger partial charge on any atom is -0.468 e. The molecule has 1 aromatic carbocycles. The van der Waals surface area contributed by atoms with Gasteiger partial charge in [-0.2, -0.15) is 0 Å². The van der Waals surface area contributed by atoms with Crippen LogP contribution in [0.25, 0.3) is 0 Å². The second-order valence-electron chi connectivity index (χ2n) is 4.60. The number of carbonyl (C=O) groups is 1.